The highest BCUT2D eigenvalue weighted by Gasteiger charge is 2.49. The van der Waals surface area contributed by atoms with Crippen molar-refractivity contribution in [2.75, 3.05) is 60.7 Å². The molecule has 0 saturated heterocycles. The molecule has 0 saturated carbocycles. The smallest absolute Gasteiger partial charge is 0.417 e. The Morgan fingerprint density at radius 3 is 1.73 bits per heavy atom. The van der Waals surface area contributed by atoms with Crippen LogP contribution in [-0.2, 0) is 26.6 Å². The zero-order valence-electron chi connectivity index (χ0n) is 26.4. The zero-order valence-corrected chi connectivity index (χ0v) is 30.4. The third-order valence-electron chi connectivity index (χ3n) is 5.31. The van der Waals surface area contributed by atoms with E-state index >= 15 is 0 Å². The van der Waals surface area contributed by atoms with Gasteiger partial charge >= 0.3 is 8.80 Å². The number of hydrogen-bond donors (Lipinski definition) is 1. The molecule has 0 fully saturated rings. The van der Waals surface area contributed by atoms with E-state index in [2.05, 4.69) is 78.3 Å². The van der Waals surface area contributed by atoms with Crippen molar-refractivity contribution in [3.8, 4) is 0 Å². The van der Waals surface area contributed by atoms with Crippen molar-refractivity contribution in [3.05, 3.63) is 0 Å². The van der Waals surface area contributed by atoms with Crippen LogP contribution < -0.4 is 5.32 Å². The zero-order chi connectivity index (χ0) is 28.8. The number of ether oxygens (including phenoxy) is 2. The van der Waals surface area contributed by atoms with Crippen LogP contribution in [0.2, 0.25) is 65.0 Å². The number of unbranched alkanes of at least 4 members (excludes halogenated alkanes) is 2. The summed E-state index contributed by atoms with van der Waals surface area (Å²) in [5, 5.41) is 3.12. The van der Waals surface area contributed by atoms with Crippen molar-refractivity contribution in [1.29, 1.82) is 0 Å². The number of carbonyl (C=O) groups is 1. The summed E-state index contributed by atoms with van der Waals surface area (Å²) in [4.78, 5) is 12.4. The maximum atomic E-state index is 12.4. The van der Waals surface area contributed by atoms with Gasteiger partial charge in [0, 0.05) is 26.1 Å². The third-order valence-corrected chi connectivity index (χ3v) is 17.4. The van der Waals surface area contributed by atoms with Crippen LogP contribution in [0.1, 0.15) is 32.1 Å². The van der Waals surface area contributed by atoms with E-state index in [0.717, 1.165) is 55.9 Å². The molecule has 0 atom stereocenters. The normalized spacial score (nSPS) is 13.7. The fourth-order valence-electron chi connectivity index (χ4n) is 3.91. The van der Waals surface area contributed by atoms with Gasteiger partial charge in [0.1, 0.15) is 6.54 Å². The number of nitrogens with one attached hydrogen (secondary N) is 1. The van der Waals surface area contributed by atoms with Crippen molar-refractivity contribution >= 4 is 39.7 Å². The molecule has 0 spiro atoms. The molecule has 0 aromatic heterocycles. The molecule has 12 heteroatoms. The Morgan fingerprint density at radius 2 is 1.24 bits per heavy atom. The molecule has 0 aliphatic carbocycles. The van der Waals surface area contributed by atoms with Crippen LogP contribution in [0, 0.1) is 0 Å². The van der Waals surface area contributed by atoms with Crippen molar-refractivity contribution in [2.24, 2.45) is 0 Å². The first kappa shape index (κ1) is 37.1. The molecule has 0 unspecified atom stereocenters. The molecule has 0 aromatic rings. The number of likely N-dealkylation sites (N-methyl/N-ethyl adjacent to an activating group) is 1. The number of methoxy groups -OCH3 is 1. The van der Waals surface area contributed by atoms with E-state index in [1.165, 1.54) is 0 Å². The van der Waals surface area contributed by atoms with Crippen LogP contribution in [0.4, 0.5) is 0 Å². The van der Waals surface area contributed by atoms with E-state index in [-0.39, 0.29) is 5.91 Å². The van der Waals surface area contributed by atoms with Gasteiger partial charge in [-0.05, 0) is 84.6 Å². The Labute approximate surface area is 233 Å². The van der Waals surface area contributed by atoms with Crippen molar-refractivity contribution in [2.45, 2.75) is 97.1 Å². The quantitative estimate of drug-likeness (QED) is 0.104. The Bertz CT molecular complexity index is 593. The maximum absolute atomic E-state index is 12.4. The topological polar surface area (TPSA) is 75.3 Å². The van der Waals surface area contributed by atoms with Gasteiger partial charge in [-0.25, -0.2) is 0 Å². The molecule has 0 aliphatic heterocycles. The number of quaternary nitrogens is 1. The standard InChI is InChI=1S/C25H60N2O6Si4/c1-27(2,20-21-30-23-22-29-3)19-15-13-14-17-25(28)26-18-16-24-37(31-34(4,5)6,32-35(7,8)9)33-36(10,11)12/h13-24H2,1-12H3/p+1. The van der Waals surface area contributed by atoms with Crippen molar-refractivity contribution in [1.82, 2.24) is 5.32 Å². The van der Waals surface area contributed by atoms with E-state index in [0.29, 0.717) is 26.2 Å². The van der Waals surface area contributed by atoms with E-state index in [1.807, 2.05) is 0 Å². The molecule has 0 aliphatic rings. The monoisotopic (exact) mass is 597 g/mol. The Kier molecular flexibility index (Phi) is 17.1. The minimum Gasteiger partial charge on any atom is -0.417 e. The number of amides is 1. The van der Waals surface area contributed by atoms with Crippen molar-refractivity contribution < 1.29 is 31.1 Å². The van der Waals surface area contributed by atoms with Gasteiger partial charge < -0.3 is 31.6 Å². The summed E-state index contributed by atoms with van der Waals surface area (Å²) >= 11 is 0. The second-order valence-corrected chi connectivity index (χ2v) is 30.6. The van der Waals surface area contributed by atoms with Crippen LogP contribution in [0.15, 0.2) is 0 Å². The van der Waals surface area contributed by atoms with Gasteiger partial charge in [-0.1, -0.05) is 0 Å². The van der Waals surface area contributed by atoms with Gasteiger partial charge in [-0.15, -0.1) is 0 Å². The predicted molar refractivity (Wildman–Crippen MR) is 164 cm³/mol. The molecule has 0 heterocycles. The summed E-state index contributed by atoms with van der Waals surface area (Å²) in [5.41, 5.74) is 0. The average molecular weight is 598 g/mol. The molecule has 37 heavy (non-hydrogen) atoms. The molecule has 0 aromatic carbocycles. The number of rotatable bonds is 22. The Hall–Kier alpha value is 0.0975. The summed E-state index contributed by atoms with van der Waals surface area (Å²) in [5.74, 6) is 0.135. The van der Waals surface area contributed by atoms with E-state index in [1.54, 1.807) is 7.11 Å². The first-order valence-corrected chi connectivity index (χ1v) is 26.2. The molecule has 1 amide bonds. The van der Waals surface area contributed by atoms with E-state index < -0.39 is 33.8 Å². The highest BCUT2D eigenvalue weighted by molar-refractivity contribution is 6.90. The molecule has 0 bridgehead atoms. The van der Waals surface area contributed by atoms with Crippen LogP contribution in [0.25, 0.3) is 0 Å². The predicted octanol–water partition coefficient (Wildman–Crippen LogP) is 5.29. The molecule has 0 rings (SSSR count). The third kappa shape index (κ3) is 22.6. The van der Waals surface area contributed by atoms with Gasteiger partial charge in [-0.3, -0.25) is 4.79 Å². The van der Waals surface area contributed by atoms with E-state index in [9.17, 15) is 4.79 Å². The minimum atomic E-state index is -2.83. The largest absolute Gasteiger partial charge is 0.469 e. The summed E-state index contributed by atoms with van der Waals surface area (Å²) in [7, 11) is -2.28. The SMILES string of the molecule is COCCOCC[N+](C)(C)CCCCCC(=O)NCCC[Si](O[Si](C)(C)C)(O[Si](C)(C)C)O[Si](C)(C)C. The molecule has 8 nitrogen and oxygen atoms in total. The lowest BCUT2D eigenvalue weighted by atomic mass is 10.1. The highest BCUT2D eigenvalue weighted by atomic mass is 28.5. The van der Waals surface area contributed by atoms with Crippen LogP contribution in [0.5, 0.6) is 0 Å². The summed E-state index contributed by atoms with van der Waals surface area (Å²) in [6.07, 6.45) is 4.50. The second kappa shape index (κ2) is 17.0. The second-order valence-electron chi connectivity index (χ2n) is 13.6. The summed E-state index contributed by atoms with van der Waals surface area (Å²) in [6.45, 7) is 24.6. The minimum absolute atomic E-state index is 0.135. The van der Waals surface area contributed by atoms with Gasteiger partial charge in [0.15, 0.2) is 25.0 Å². The lowest BCUT2D eigenvalue weighted by Crippen LogP contribution is -2.60. The van der Waals surface area contributed by atoms with Crippen LogP contribution in [-0.4, -0.2) is 105 Å². The Balaban J connectivity index is 4.51. The fourth-order valence-corrected chi connectivity index (χ4v) is 18.6. The summed E-state index contributed by atoms with van der Waals surface area (Å²) in [6, 6.07) is 0.758. The number of hydrogen-bond acceptors (Lipinski definition) is 6. The van der Waals surface area contributed by atoms with E-state index in [4.69, 9.17) is 21.8 Å². The fraction of sp³-hybridized carbons (Fsp3) is 0.960. The van der Waals surface area contributed by atoms with Gasteiger partial charge in [0.05, 0.1) is 40.5 Å². The molecule has 1 N–H and O–H groups in total. The van der Waals surface area contributed by atoms with Crippen LogP contribution in [0.3, 0.4) is 0 Å². The van der Waals surface area contributed by atoms with Crippen molar-refractivity contribution in [3.63, 3.8) is 0 Å². The average Bonchev–Trinajstić information content (AvgIpc) is 2.66. The highest BCUT2D eigenvalue weighted by Crippen LogP contribution is 2.29. The molecule has 0 radical (unpaired) electrons. The Morgan fingerprint density at radius 1 is 0.703 bits per heavy atom. The lowest BCUT2D eigenvalue weighted by Gasteiger charge is -2.43. The number of nitrogens with zero attached hydrogens (tertiary/aromatic N) is 1. The molecular weight excluding hydrogens is 537 g/mol. The molecule has 222 valence electrons. The summed E-state index contributed by atoms with van der Waals surface area (Å²) < 4.78 is 31.7. The van der Waals surface area contributed by atoms with Gasteiger partial charge in [0.2, 0.25) is 5.91 Å². The lowest BCUT2D eigenvalue weighted by molar-refractivity contribution is -0.891. The molecular formula is C25H61N2O6Si4+. The first-order chi connectivity index (χ1) is 16.8. The van der Waals surface area contributed by atoms with Gasteiger partial charge in [-0.2, -0.15) is 0 Å². The first-order valence-electron chi connectivity index (χ1n) is 14.0. The number of carbonyl (C=O) groups excluding carboxylic acids is 1. The van der Waals surface area contributed by atoms with Crippen LogP contribution >= 0.6 is 0 Å². The van der Waals surface area contributed by atoms with Gasteiger partial charge in [0.25, 0.3) is 0 Å². The maximum Gasteiger partial charge on any atom is 0.469 e.